The van der Waals surface area contributed by atoms with Crippen LogP contribution in [0.2, 0.25) is 0 Å². The zero-order chi connectivity index (χ0) is 11.4. The number of carbonyl (C=O) groups is 1. The Morgan fingerprint density at radius 2 is 2.56 bits per heavy atom. The molecule has 6 heteroatoms. The Morgan fingerprint density at radius 3 is 3.19 bits per heavy atom. The van der Waals surface area contributed by atoms with E-state index in [2.05, 4.69) is 20.8 Å². The average molecular weight is 224 g/mol. The fourth-order valence-corrected chi connectivity index (χ4v) is 1.80. The number of carbonyl (C=O) groups excluding carboxylic acids is 1. The van der Waals surface area contributed by atoms with Crippen LogP contribution in [-0.4, -0.2) is 29.1 Å². The highest BCUT2D eigenvalue weighted by Crippen LogP contribution is 2.09. The van der Waals surface area contributed by atoms with Crippen molar-refractivity contribution < 1.29 is 9.32 Å². The van der Waals surface area contributed by atoms with Gasteiger partial charge in [-0.2, -0.15) is 4.98 Å². The molecule has 1 amide bonds. The SMILES string of the molecule is Cc1nc(CNC(=O)C2CCCNC2)no1. The summed E-state index contributed by atoms with van der Waals surface area (Å²) in [5.74, 6) is 1.18. The predicted molar refractivity (Wildman–Crippen MR) is 56.5 cm³/mol. The summed E-state index contributed by atoms with van der Waals surface area (Å²) >= 11 is 0. The van der Waals surface area contributed by atoms with Crippen LogP contribution >= 0.6 is 0 Å². The molecule has 1 fully saturated rings. The molecule has 0 saturated carbocycles. The first kappa shape index (κ1) is 11.1. The van der Waals surface area contributed by atoms with Crippen LogP contribution in [0.3, 0.4) is 0 Å². The summed E-state index contributed by atoms with van der Waals surface area (Å²) in [5, 5.41) is 9.74. The molecule has 2 N–H and O–H groups in total. The molecule has 1 aliphatic rings. The summed E-state index contributed by atoms with van der Waals surface area (Å²) in [6.07, 6.45) is 2.00. The molecule has 2 rings (SSSR count). The van der Waals surface area contributed by atoms with Crippen molar-refractivity contribution >= 4 is 5.91 Å². The molecule has 0 radical (unpaired) electrons. The molecule has 6 nitrogen and oxygen atoms in total. The second-order valence-corrected chi connectivity index (χ2v) is 3.99. The molecule has 2 heterocycles. The minimum atomic E-state index is 0.0645. The van der Waals surface area contributed by atoms with Gasteiger partial charge in [-0.05, 0) is 19.4 Å². The van der Waals surface area contributed by atoms with Gasteiger partial charge in [0.25, 0.3) is 0 Å². The summed E-state index contributed by atoms with van der Waals surface area (Å²) in [6.45, 7) is 3.83. The van der Waals surface area contributed by atoms with Crippen LogP contribution in [0.4, 0.5) is 0 Å². The number of nitrogens with one attached hydrogen (secondary N) is 2. The molecule has 1 unspecified atom stereocenters. The molecule has 16 heavy (non-hydrogen) atoms. The fourth-order valence-electron chi connectivity index (χ4n) is 1.80. The number of piperidine rings is 1. The van der Waals surface area contributed by atoms with Gasteiger partial charge in [0.05, 0.1) is 12.5 Å². The van der Waals surface area contributed by atoms with E-state index in [1.165, 1.54) is 0 Å². The van der Waals surface area contributed by atoms with Crippen LogP contribution in [0.5, 0.6) is 0 Å². The number of amides is 1. The predicted octanol–water partition coefficient (Wildman–Crippen LogP) is -0.00618. The number of rotatable bonds is 3. The molecule has 0 bridgehead atoms. The maximum atomic E-state index is 11.7. The van der Waals surface area contributed by atoms with Gasteiger partial charge in [0.1, 0.15) is 0 Å². The van der Waals surface area contributed by atoms with E-state index >= 15 is 0 Å². The Bertz CT molecular complexity index is 357. The van der Waals surface area contributed by atoms with E-state index in [-0.39, 0.29) is 11.8 Å². The third-order valence-electron chi connectivity index (χ3n) is 2.66. The highest BCUT2D eigenvalue weighted by molar-refractivity contribution is 5.78. The Labute approximate surface area is 93.8 Å². The van der Waals surface area contributed by atoms with Gasteiger partial charge in [-0.3, -0.25) is 4.79 Å². The van der Waals surface area contributed by atoms with E-state index < -0.39 is 0 Å². The minimum absolute atomic E-state index is 0.0645. The first-order chi connectivity index (χ1) is 7.75. The standard InChI is InChI=1S/C10H16N4O2/c1-7-13-9(14-16-7)6-12-10(15)8-3-2-4-11-5-8/h8,11H,2-6H2,1H3,(H,12,15). The van der Waals surface area contributed by atoms with E-state index in [1.54, 1.807) is 6.92 Å². The Balaban J connectivity index is 1.78. The zero-order valence-electron chi connectivity index (χ0n) is 9.32. The zero-order valence-corrected chi connectivity index (χ0v) is 9.32. The van der Waals surface area contributed by atoms with Crippen molar-refractivity contribution in [3.63, 3.8) is 0 Å². The van der Waals surface area contributed by atoms with Crippen molar-refractivity contribution in [1.29, 1.82) is 0 Å². The Kier molecular flexibility index (Phi) is 3.51. The minimum Gasteiger partial charge on any atom is -0.348 e. The number of aryl methyl sites for hydroxylation is 1. The summed E-state index contributed by atoms with van der Waals surface area (Å²) in [5.41, 5.74) is 0. The average Bonchev–Trinajstić information content (AvgIpc) is 2.73. The lowest BCUT2D eigenvalue weighted by molar-refractivity contribution is -0.125. The molecular weight excluding hydrogens is 208 g/mol. The van der Waals surface area contributed by atoms with Gasteiger partial charge in [0, 0.05) is 13.5 Å². The summed E-state index contributed by atoms with van der Waals surface area (Å²) in [6, 6.07) is 0. The highest BCUT2D eigenvalue weighted by Gasteiger charge is 2.20. The summed E-state index contributed by atoms with van der Waals surface area (Å²) in [4.78, 5) is 15.8. The van der Waals surface area contributed by atoms with E-state index in [0.29, 0.717) is 18.3 Å². The van der Waals surface area contributed by atoms with Crippen LogP contribution in [0.15, 0.2) is 4.52 Å². The number of nitrogens with zero attached hydrogens (tertiary/aromatic N) is 2. The van der Waals surface area contributed by atoms with E-state index in [1.807, 2.05) is 0 Å². The molecule has 0 spiro atoms. The molecule has 1 aromatic rings. The van der Waals surface area contributed by atoms with Crippen molar-refractivity contribution in [1.82, 2.24) is 20.8 Å². The molecule has 1 aliphatic heterocycles. The number of hydrogen-bond donors (Lipinski definition) is 2. The maximum absolute atomic E-state index is 11.7. The number of hydrogen-bond acceptors (Lipinski definition) is 5. The maximum Gasteiger partial charge on any atom is 0.224 e. The fraction of sp³-hybridized carbons (Fsp3) is 0.700. The molecular formula is C10H16N4O2. The number of aromatic nitrogens is 2. The van der Waals surface area contributed by atoms with E-state index in [9.17, 15) is 4.79 Å². The van der Waals surface area contributed by atoms with Gasteiger partial charge in [-0.15, -0.1) is 0 Å². The van der Waals surface area contributed by atoms with Crippen LogP contribution in [0.25, 0.3) is 0 Å². The molecule has 1 atom stereocenters. The van der Waals surface area contributed by atoms with Crippen LogP contribution in [-0.2, 0) is 11.3 Å². The first-order valence-electron chi connectivity index (χ1n) is 5.53. The van der Waals surface area contributed by atoms with Crippen molar-refractivity contribution in [2.75, 3.05) is 13.1 Å². The van der Waals surface area contributed by atoms with Crippen molar-refractivity contribution in [2.24, 2.45) is 5.92 Å². The topological polar surface area (TPSA) is 80.0 Å². The van der Waals surface area contributed by atoms with Gasteiger partial charge >= 0.3 is 0 Å². The Morgan fingerprint density at radius 1 is 1.69 bits per heavy atom. The van der Waals surface area contributed by atoms with Crippen molar-refractivity contribution in [3.8, 4) is 0 Å². The lowest BCUT2D eigenvalue weighted by Gasteiger charge is -2.21. The van der Waals surface area contributed by atoms with Gasteiger partial charge in [0.2, 0.25) is 11.8 Å². The van der Waals surface area contributed by atoms with Gasteiger partial charge in [-0.1, -0.05) is 5.16 Å². The molecule has 1 saturated heterocycles. The second-order valence-electron chi connectivity index (χ2n) is 3.99. The normalized spacial score (nSPS) is 20.7. The van der Waals surface area contributed by atoms with E-state index in [0.717, 1.165) is 25.9 Å². The summed E-state index contributed by atoms with van der Waals surface area (Å²) < 4.78 is 4.82. The van der Waals surface area contributed by atoms with Gasteiger partial charge in [0.15, 0.2) is 5.82 Å². The molecule has 88 valence electrons. The molecule has 0 aromatic carbocycles. The largest absolute Gasteiger partial charge is 0.348 e. The van der Waals surface area contributed by atoms with Gasteiger partial charge in [-0.25, -0.2) is 0 Å². The third-order valence-corrected chi connectivity index (χ3v) is 2.66. The quantitative estimate of drug-likeness (QED) is 0.755. The second kappa shape index (κ2) is 5.07. The van der Waals surface area contributed by atoms with E-state index in [4.69, 9.17) is 4.52 Å². The van der Waals surface area contributed by atoms with Crippen molar-refractivity contribution in [3.05, 3.63) is 11.7 Å². The smallest absolute Gasteiger partial charge is 0.224 e. The van der Waals surface area contributed by atoms with Crippen LogP contribution < -0.4 is 10.6 Å². The lowest BCUT2D eigenvalue weighted by atomic mass is 9.99. The lowest BCUT2D eigenvalue weighted by Crippen LogP contribution is -2.40. The highest BCUT2D eigenvalue weighted by atomic mass is 16.5. The van der Waals surface area contributed by atoms with Crippen molar-refractivity contribution in [2.45, 2.75) is 26.3 Å². The monoisotopic (exact) mass is 224 g/mol. The third kappa shape index (κ3) is 2.79. The van der Waals surface area contributed by atoms with Crippen LogP contribution in [0, 0.1) is 12.8 Å². The Hall–Kier alpha value is -1.43. The van der Waals surface area contributed by atoms with Gasteiger partial charge < -0.3 is 15.2 Å². The summed E-state index contributed by atoms with van der Waals surface area (Å²) in [7, 11) is 0. The first-order valence-corrected chi connectivity index (χ1v) is 5.53. The molecule has 1 aromatic heterocycles. The van der Waals surface area contributed by atoms with Crippen LogP contribution in [0.1, 0.15) is 24.6 Å². The molecule has 0 aliphatic carbocycles.